The molecular formula is C21H15N7O2S. The molecule has 0 radical (unpaired) electrons. The monoisotopic (exact) mass is 429 g/mol. The van der Waals surface area contributed by atoms with Crippen molar-refractivity contribution < 1.29 is 4.92 Å². The van der Waals surface area contributed by atoms with Crippen molar-refractivity contribution >= 4 is 60.6 Å². The van der Waals surface area contributed by atoms with Gasteiger partial charge in [0.2, 0.25) is 11.6 Å². The van der Waals surface area contributed by atoms with Gasteiger partial charge in [0.05, 0.1) is 20.7 Å². The number of thiazole rings is 1. The minimum atomic E-state index is -0.508. The number of aromatic nitrogens is 4. The molecule has 3 aromatic heterocycles. The Hall–Kier alpha value is -4.18. The zero-order valence-corrected chi connectivity index (χ0v) is 17.1. The number of pyridine rings is 1. The normalized spacial score (nSPS) is 11.0. The fourth-order valence-electron chi connectivity index (χ4n) is 3.26. The first-order chi connectivity index (χ1) is 15.1. The first kappa shape index (κ1) is 18.8. The third kappa shape index (κ3) is 3.60. The average Bonchev–Trinajstić information content (AvgIpc) is 3.16. The quantitative estimate of drug-likeness (QED) is 0.284. The number of nitrogens with one attached hydrogen (secondary N) is 2. The van der Waals surface area contributed by atoms with Crippen LogP contribution < -0.4 is 10.6 Å². The maximum absolute atomic E-state index is 11.9. The van der Waals surface area contributed by atoms with E-state index < -0.39 is 4.92 Å². The fraction of sp³-hybridized carbons (Fsp3) is 0.0476. The van der Waals surface area contributed by atoms with Crippen molar-refractivity contribution in [3.05, 3.63) is 76.7 Å². The van der Waals surface area contributed by atoms with Crippen molar-refractivity contribution in [3.63, 3.8) is 0 Å². The molecule has 3 heterocycles. The Morgan fingerprint density at radius 2 is 1.68 bits per heavy atom. The standard InChI is InChI=1S/C21H15N7O2S/c1-12-9-10-13-14(24-12)6-4-7-15(13)25-19-18(28(29)30)20(23-11-22-19)27-21-26-16-5-2-3-8-17(16)31-21/h2-11H,1H3,(H2,22,23,25,26,27). The Morgan fingerprint density at radius 1 is 0.903 bits per heavy atom. The van der Waals surface area contributed by atoms with Gasteiger partial charge in [0.25, 0.3) is 0 Å². The predicted octanol–water partition coefficient (Wildman–Crippen LogP) is 5.34. The number of aryl methyl sites for hydroxylation is 1. The van der Waals surface area contributed by atoms with Gasteiger partial charge < -0.3 is 10.6 Å². The number of hydrogen-bond donors (Lipinski definition) is 2. The summed E-state index contributed by atoms with van der Waals surface area (Å²) < 4.78 is 0.971. The molecule has 0 spiro atoms. The predicted molar refractivity (Wildman–Crippen MR) is 121 cm³/mol. The Morgan fingerprint density at radius 3 is 2.48 bits per heavy atom. The lowest BCUT2D eigenvalue weighted by Crippen LogP contribution is -2.05. The second-order valence-corrected chi connectivity index (χ2v) is 7.77. The summed E-state index contributed by atoms with van der Waals surface area (Å²) in [6.07, 6.45) is 1.28. The topological polar surface area (TPSA) is 119 Å². The minimum Gasteiger partial charge on any atom is -0.334 e. The summed E-state index contributed by atoms with van der Waals surface area (Å²) in [7, 11) is 0. The van der Waals surface area contributed by atoms with E-state index in [-0.39, 0.29) is 17.3 Å². The van der Waals surface area contributed by atoms with Crippen molar-refractivity contribution in [2.24, 2.45) is 0 Å². The van der Waals surface area contributed by atoms with E-state index in [0.29, 0.717) is 10.8 Å². The molecule has 0 atom stereocenters. The summed E-state index contributed by atoms with van der Waals surface area (Å²) in [6, 6.07) is 17.0. The molecule has 0 unspecified atom stereocenters. The van der Waals surface area contributed by atoms with Crippen LogP contribution in [0, 0.1) is 17.0 Å². The van der Waals surface area contributed by atoms with E-state index in [2.05, 4.69) is 30.6 Å². The molecule has 0 amide bonds. The smallest absolute Gasteiger partial charge is 0.334 e. The van der Waals surface area contributed by atoms with Crippen LogP contribution in [0.3, 0.4) is 0 Å². The van der Waals surface area contributed by atoms with Crippen LogP contribution in [0.4, 0.5) is 28.1 Å². The molecule has 0 aliphatic rings. The first-order valence-corrected chi connectivity index (χ1v) is 10.2. The van der Waals surface area contributed by atoms with Gasteiger partial charge in [-0.3, -0.25) is 15.1 Å². The molecule has 5 rings (SSSR count). The summed E-state index contributed by atoms with van der Waals surface area (Å²) in [6.45, 7) is 1.91. The van der Waals surface area contributed by atoms with Gasteiger partial charge in [-0.1, -0.05) is 29.5 Å². The highest BCUT2D eigenvalue weighted by molar-refractivity contribution is 7.22. The number of rotatable bonds is 5. The lowest BCUT2D eigenvalue weighted by atomic mass is 10.1. The Labute approximate surface area is 180 Å². The summed E-state index contributed by atoms with van der Waals surface area (Å²) in [5, 5.41) is 19.3. The lowest BCUT2D eigenvalue weighted by molar-refractivity contribution is -0.383. The zero-order valence-electron chi connectivity index (χ0n) is 16.2. The Kier molecular flexibility index (Phi) is 4.60. The second kappa shape index (κ2) is 7.58. The van der Waals surface area contributed by atoms with Crippen LogP contribution in [0.15, 0.2) is 60.9 Å². The SMILES string of the molecule is Cc1ccc2c(Nc3ncnc(Nc4nc5ccccc5s4)c3[N+](=O)[O-])cccc2n1. The Bertz CT molecular complexity index is 1420. The molecule has 10 heteroatoms. The van der Waals surface area contributed by atoms with Gasteiger partial charge in [0.15, 0.2) is 5.13 Å². The van der Waals surface area contributed by atoms with Crippen molar-refractivity contribution in [3.8, 4) is 0 Å². The third-order valence-electron chi connectivity index (χ3n) is 4.65. The summed E-state index contributed by atoms with van der Waals surface area (Å²) in [5.41, 5.74) is 2.88. The number of nitro groups is 1. The van der Waals surface area contributed by atoms with Crippen LogP contribution in [0.2, 0.25) is 0 Å². The number of anilines is 4. The van der Waals surface area contributed by atoms with Crippen molar-refractivity contribution in [2.75, 3.05) is 10.6 Å². The van der Waals surface area contributed by atoms with Crippen LogP contribution in [0.1, 0.15) is 5.69 Å². The molecule has 5 aromatic rings. The van der Waals surface area contributed by atoms with E-state index in [0.717, 1.165) is 26.8 Å². The van der Waals surface area contributed by atoms with Gasteiger partial charge in [-0.2, -0.15) is 0 Å². The molecule has 0 saturated carbocycles. The molecule has 2 aromatic carbocycles. The summed E-state index contributed by atoms with van der Waals surface area (Å²) >= 11 is 1.39. The number of fused-ring (bicyclic) bond motifs is 2. The van der Waals surface area contributed by atoms with Gasteiger partial charge in [-0.05, 0) is 43.3 Å². The maximum Gasteiger partial charge on any atom is 0.353 e. The molecule has 0 fully saturated rings. The van der Waals surface area contributed by atoms with Crippen LogP contribution in [-0.2, 0) is 0 Å². The highest BCUT2D eigenvalue weighted by atomic mass is 32.1. The molecule has 2 N–H and O–H groups in total. The average molecular weight is 429 g/mol. The van der Waals surface area contributed by atoms with Crippen LogP contribution in [-0.4, -0.2) is 24.9 Å². The second-order valence-electron chi connectivity index (χ2n) is 6.74. The van der Waals surface area contributed by atoms with Gasteiger partial charge >= 0.3 is 5.69 Å². The van der Waals surface area contributed by atoms with Crippen LogP contribution in [0.5, 0.6) is 0 Å². The molecule has 31 heavy (non-hydrogen) atoms. The van der Waals surface area contributed by atoms with Gasteiger partial charge in [-0.15, -0.1) is 0 Å². The first-order valence-electron chi connectivity index (χ1n) is 9.34. The van der Waals surface area contributed by atoms with Crippen molar-refractivity contribution in [1.29, 1.82) is 0 Å². The lowest BCUT2D eigenvalue weighted by Gasteiger charge is -2.11. The largest absolute Gasteiger partial charge is 0.353 e. The van der Waals surface area contributed by atoms with Crippen molar-refractivity contribution in [2.45, 2.75) is 6.92 Å². The van der Waals surface area contributed by atoms with Gasteiger partial charge in [0, 0.05) is 16.8 Å². The van der Waals surface area contributed by atoms with E-state index in [9.17, 15) is 10.1 Å². The minimum absolute atomic E-state index is 0.0655. The molecule has 0 bridgehead atoms. The summed E-state index contributed by atoms with van der Waals surface area (Å²) in [4.78, 5) is 28.6. The fourth-order valence-corrected chi connectivity index (χ4v) is 4.12. The van der Waals surface area contributed by atoms with E-state index in [4.69, 9.17) is 0 Å². The molecule has 0 aliphatic carbocycles. The Balaban J connectivity index is 1.55. The molecule has 0 aliphatic heterocycles. The molecular weight excluding hydrogens is 414 g/mol. The number of nitrogens with zero attached hydrogens (tertiary/aromatic N) is 5. The third-order valence-corrected chi connectivity index (χ3v) is 5.60. The van der Waals surface area contributed by atoms with E-state index in [1.165, 1.54) is 17.7 Å². The highest BCUT2D eigenvalue weighted by Gasteiger charge is 2.24. The number of benzene rings is 2. The maximum atomic E-state index is 11.9. The van der Waals surface area contributed by atoms with Crippen LogP contribution in [0.25, 0.3) is 21.1 Å². The van der Waals surface area contributed by atoms with E-state index in [1.54, 1.807) is 0 Å². The number of para-hydroxylation sites is 1. The van der Waals surface area contributed by atoms with Gasteiger partial charge in [0.1, 0.15) is 6.33 Å². The highest BCUT2D eigenvalue weighted by Crippen LogP contribution is 2.36. The molecule has 152 valence electrons. The summed E-state index contributed by atoms with van der Waals surface area (Å²) in [5.74, 6) is 0.146. The number of hydrogen-bond acceptors (Lipinski definition) is 9. The van der Waals surface area contributed by atoms with Gasteiger partial charge in [-0.25, -0.2) is 15.0 Å². The van der Waals surface area contributed by atoms with Crippen molar-refractivity contribution in [1.82, 2.24) is 19.9 Å². The zero-order chi connectivity index (χ0) is 21.4. The van der Waals surface area contributed by atoms with Crippen LogP contribution >= 0.6 is 11.3 Å². The molecule has 9 nitrogen and oxygen atoms in total. The molecule has 0 saturated heterocycles. The van der Waals surface area contributed by atoms with E-state index in [1.807, 2.05) is 61.5 Å². The van der Waals surface area contributed by atoms with E-state index >= 15 is 0 Å².